The van der Waals surface area contributed by atoms with E-state index in [1.54, 1.807) is 10.6 Å². The van der Waals surface area contributed by atoms with Gasteiger partial charge in [-0.05, 0) is 48.7 Å². The highest BCUT2D eigenvalue weighted by Crippen LogP contribution is 2.32. The van der Waals surface area contributed by atoms with Crippen LogP contribution in [0, 0.1) is 6.92 Å². The molecule has 0 saturated heterocycles. The van der Waals surface area contributed by atoms with Gasteiger partial charge < -0.3 is 9.30 Å². The number of ether oxygens (including phenoxy) is 1. The maximum Gasteiger partial charge on any atom is 0.338 e. The Hall–Kier alpha value is -3.91. The van der Waals surface area contributed by atoms with Gasteiger partial charge in [-0.15, -0.1) is 0 Å². The van der Waals surface area contributed by atoms with Crippen molar-refractivity contribution in [1.29, 1.82) is 0 Å². The molecule has 0 bridgehead atoms. The lowest BCUT2D eigenvalue weighted by Gasteiger charge is -2.25. The number of nitrogens with zero attached hydrogens (tertiary/aromatic N) is 3. The number of benzene rings is 3. The minimum Gasteiger partial charge on any atom is -0.466 e. The molecular weight excluding hydrogens is 589 g/mol. The first-order valence-corrected chi connectivity index (χ1v) is 15.1. The van der Waals surface area contributed by atoms with Crippen LogP contribution in [0.5, 0.6) is 0 Å². The van der Waals surface area contributed by atoms with Crippen molar-refractivity contribution in [2.75, 3.05) is 7.11 Å². The Morgan fingerprint density at radius 1 is 1.07 bits per heavy atom. The highest BCUT2D eigenvalue weighted by atomic mass is 35.5. The van der Waals surface area contributed by atoms with E-state index in [0.717, 1.165) is 33.3 Å². The van der Waals surface area contributed by atoms with Crippen molar-refractivity contribution < 1.29 is 9.53 Å². The SMILES string of the molecule is CCC1=C(C(=O)OC)[C@H](c2ccccc2)n2c(s/c(=C/c3c(C)n(Cc4ccc(Cl)cc4Cl)c4ccccc34)c2=O)=N1. The molecule has 212 valence electrons. The summed E-state index contributed by atoms with van der Waals surface area (Å²) in [6, 6.07) is 22.5. The van der Waals surface area contributed by atoms with Crippen molar-refractivity contribution >= 4 is 57.5 Å². The van der Waals surface area contributed by atoms with Gasteiger partial charge in [0.1, 0.15) is 0 Å². The van der Waals surface area contributed by atoms with Crippen molar-refractivity contribution in [3.05, 3.63) is 136 Å². The third-order valence-electron chi connectivity index (χ3n) is 7.66. The predicted molar refractivity (Wildman–Crippen MR) is 169 cm³/mol. The number of fused-ring (bicyclic) bond motifs is 2. The predicted octanol–water partition coefficient (Wildman–Crippen LogP) is 6.42. The van der Waals surface area contributed by atoms with Crippen molar-refractivity contribution in [2.45, 2.75) is 32.9 Å². The Labute approximate surface area is 256 Å². The molecular formula is C33H27Cl2N3O3S. The molecule has 0 saturated carbocycles. The van der Waals surface area contributed by atoms with Gasteiger partial charge in [-0.2, -0.15) is 0 Å². The summed E-state index contributed by atoms with van der Waals surface area (Å²) in [6.45, 7) is 4.54. The third-order valence-corrected chi connectivity index (χ3v) is 9.23. The van der Waals surface area contributed by atoms with E-state index in [1.807, 2.05) is 74.5 Å². The minimum absolute atomic E-state index is 0.207. The zero-order chi connectivity index (χ0) is 29.5. The summed E-state index contributed by atoms with van der Waals surface area (Å²) in [5.74, 6) is -0.487. The van der Waals surface area contributed by atoms with E-state index < -0.39 is 12.0 Å². The highest BCUT2D eigenvalue weighted by Gasteiger charge is 2.33. The molecule has 3 heterocycles. The molecule has 1 aliphatic heterocycles. The second-order valence-corrected chi connectivity index (χ2v) is 11.9. The number of esters is 1. The molecule has 6 rings (SSSR count). The van der Waals surface area contributed by atoms with E-state index in [2.05, 4.69) is 16.7 Å². The molecule has 0 fully saturated rings. The lowest BCUT2D eigenvalue weighted by atomic mass is 9.95. The summed E-state index contributed by atoms with van der Waals surface area (Å²) in [7, 11) is 1.35. The molecule has 0 aliphatic carbocycles. The number of methoxy groups -OCH3 is 1. The molecule has 0 N–H and O–H groups in total. The Bertz CT molecular complexity index is 2070. The van der Waals surface area contributed by atoms with Crippen molar-refractivity contribution in [2.24, 2.45) is 4.99 Å². The topological polar surface area (TPSA) is 65.6 Å². The number of carbonyl (C=O) groups excluding carboxylic acids is 1. The van der Waals surface area contributed by atoms with E-state index in [9.17, 15) is 9.59 Å². The number of aromatic nitrogens is 2. The first-order valence-electron chi connectivity index (χ1n) is 13.5. The Balaban J connectivity index is 1.56. The van der Waals surface area contributed by atoms with Crippen LogP contribution in [-0.2, 0) is 16.1 Å². The van der Waals surface area contributed by atoms with Crippen LogP contribution in [0.25, 0.3) is 17.0 Å². The van der Waals surface area contributed by atoms with Crippen LogP contribution in [0.15, 0.2) is 93.9 Å². The monoisotopic (exact) mass is 615 g/mol. The molecule has 0 amide bonds. The third kappa shape index (κ3) is 4.81. The number of rotatable bonds is 6. The highest BCUT2D eigenvalue weighted by molar-refractivity contribution is 7.07. The van der Waals surface area contributed by atoms with E-state index in [4.69, 9.17) is 32.9 Å². The van der Waals surface area contributed by atoms with E-state index in [1.165, 1.54) is 18.4 Å². The van der Waals surface area contributed by atoms with Crippen molar-refractivity contribution in [1.82, 2.24) is 9.13 Å². The van der Waals surface area contributed by atoms with Gasteiger partial charge in [0.05, 0.1) is 29.0 Å². The van der Waals surface area contributed by atoms with Gasteiger partial charge in [-0.25, -0.2) is 9.79 Å². The molecule has 1 atom stereocenters. The van der Waals surface area contributed by atoms with Gasteiger partial charge in [0.15, 0.2) is 4.80 Å². The summed E-state index contributed by atoms with van der Waals surface area (Å²) < 4.78 is 9.52. The van der Waals surface area contributed by atoms with E-state index >= 15 is 0 Å². The fourth-order valence-corrected chi connectivity index (χ4v) is 7.08. The van der Waals surface area contributed by atoms with Gasteiger partial charge in [-0.1, -0.05) is 96.1 Å². The lowest BCUT2D eigenvalue weighted by molar-refractivity contribution is -0.136. The summed E-state index contributed by atoms with van der Waals surface area (Å²) in [5, 5.41) is 2.21. The molecule has 9 heteroatoms. The Kier molecular flexibility index (Phi) is 7.66. The molecule has 3 aromatic carbocycles. The number of thiazole rings is 1. The van der Waals surface area contributed by atoms with Crippen LogP contribution in [0.3, 0.4) is 0 Å². The lowest BCUT2D eigenvalue weighted by Crippen LogP contribution is -2.40. The number of carbonyl (C=O) groups is 1. The number of halogens is 2. The van der Waals surface area contributed by atoms with Crippen molar-refractivity contribution in [3.8, 4) is 0 Å². The normalized spacial score (nSPS) is 15.2. The maximum absolute atomic E-state index is 14.1. The number of hydrogen-bond acceptors (Lipinski definition) is 5. The van der Waals surface area contributed by atoms with Gasteiger partial charge in [0.2, 0.25) is 0 Å². The fourth-order valence-electron chi connectivity index (χ4n) is 5.61. The molecule has 5 aromatic rings. The zero-order valence-electron chi connectivity index (χ0n) is 23.2. The van der Waals surface area contributed by atoms with Gasteiger partial charge in [0, 0.05) is 38.8 Å². The second-order valence-electron chi connectivity index (χ2n) is 10.0. The standard InChI is InChI=1S/C33H27Cl2N3O3S/c1-4-26-29(32(40)41-3)30(20-10-6-5-7-11-20)38-31(39)28(42-33(38)36-26)17-24-19(2)37(27-13-9-8-12-23(24)27)18-21-14-15-22(34)16-25(21)35/h5-17,30H,4,18H2,1-3H3/b28-17+/t30-/m0/s1. The van der Waals surface area contributed by atoms with Crippen LogP contribution in [0.2, 0.25) is 10.0 Å². The van der Waals surface area contributed by atoms with Gasteiger partial charge in [0.25, 0.3) is 5.56 Å². The largest absolute Gasteiger partial charge is 0.466 e. The number of para-hydroxylation sites is 1. The van der Waals surface area contributed by atoms with Crippen molar-refractivity contribution in [3.63, 3.8) is 0 Å². The Morgan fingerprint density at radius 2 is 1.81 bits per heavy atom. The quantitative estimate of drug-likeness (QED) is 0.207. The number of allylic oxidation sites excluding steroid dienone is 1. The molecule has 1 aliphatic rings. The smallest absolute Gasteiger partial charge is 0.338 e. The average Bonchev–Trinajstić information content (AvgIpc) is 3.46. The Morgan fingerprint density at radius 3 is 2.52 bits per heavy atom. The van der Waals surface area contributed by atoms with Crippen LogP contribution < -0.4 is 14.9 Å². The van der Waals surface area contributed by atoms with Gasteiger partial charge >= 0.3 is 5.97 Å². The second kappa shape index (κ2) is 11.4. The zero-order valence-corrected chi connectivity index (χ0v) is 25.6. The van der Waals surface area contributed by atoms with Crippen LogP contribution in [0.1, 0.15) is 41.8 Å². The molecule has 2 aromatic heterocycles. The van der Waals surface area contributed by atoms with E-state index in [0.29, 0.717) is 43.6 Å². The summed E-state index contributed by atoms with van der Waals surface area (Å²) >= 11 is 14.0. The van der Waals surface area contributed by atoms with Crippen LogP contribution in [0.4, 0.5) is 0 Å². The molecule has 0 spiro atoms. The molecule has 6 nitrogen and oxygen atoms in total. The maximum atomic E-state index is 14.1. The first kappa shape index (κ1) is 28.2. The average molecular weight is 617 g/mol. The first-order chi connectivity index (χ1) is 20.3. The van der Waals surface area contributed by atoms with Crippen LogP contribution >= 0.6 is 34.5 Å². The van der Waals surface area contributed by atoms with Gasteiger partial charge in [-0.3, -0.25) is 9.36 Å². The minimum atomic E-state index is -0.638. The van der Waals surface area contributed by atoms with Crippen LogP contribution in [-0.4, -0.2) is 22.2 Å². The summed E-state index contributed by atoms with van der Waals surface area (Å²) in [4.78, 5) is 32.5. The summed E-state index contributed by atoms with van der Waals surface area (Å²) in [6.07, 6.45) is 2.47. The van der Waals surface area contributed by atoms with E-state index in [-0.39, 0.29) is 5.56 Å². The molecule has 42 heavy (non-hydrogen) atoms. The molecule has 0 unspecified atom stereocenters. The molecule has 0 radical (unpaired) electrons. The summed E-state index contributed by atoms with van der Waals surface area (Å²) in [5.41, 5.74) is 5.54. The number of hydrogen-bond donors (Lipinski definition) is 0. The fraction of sp³-hybridized carbons (Fsp3) is 0.182.